The third-order valence-corrected chi connectivity index (χ3v) is 2.67. The Hall–Kier alpha value is -2.27. The van der Waals surface area contributed by atoms with Crippen molar-refractivity contribution >= 4 is 29.7 Å². The number of hydrogen-bond acceptors (Lipinski definition) is 4. The van der Waals surface area contributed by atoms with Crippen LogP contribution in [0.4, 0.5) is 5.95 Å². The van der Waals surface area contributed by atoms with Gasteiger partial charge >= 0.3 is 0 Å². The van der Waals surface area contributed by atoms with Gasteiger partial charge in [0.15, 0.2) is 0 Å². The van der Waals surface area contributed by atoms with E-state index in [1.165, 1.54) is 12.4 Å². The molecule has 19 heavy (non-hydrogen) atoms. The van der Waals surface area contributed by atoms with E-state index in [1.807, 2.05) is 0 Å². The number of hydrogen-bond donors (Lipinski definition) is 1. The van der Waals surface area contributed by atoms with Gasteiger partial charge in [0.2, 0.25) is 5.95 Å². The quantitative estimate of drug-likeness (QED) is 0.874. The molecule has 1 N–H and O–H groups in total. The molecule has 96 valence electrons. The molecule has 0 fully saturated rings. The normalized spacial score (nSPS) is 10.0. The second-order valence-electron chi connectivity index (χ2n) is 3.87. The minimum atomic E-state index is -0.336. The monoisotopic (exact) mass is 275 g/mol. The van der Waals surface area contributed by atoms with Gasteiger partial charge in [-0.05, 0) is 24.6 Å². The lowest BCUT2D eigenvalue weighted by molar-refractivity contribution is 0.102. The molecule has 2 rings (SSSR count). The van der Waals surface area contributed by atoms with E-state index >= 15 is 0 Å². The summed E-state index contributed by atoms with van der Waals surface area (Å²) >= 11 is 5.65. The number of aromatic nitrogens is 2. The van der Waals surface area contributed by atoms with Gasteiger partial charge in [0.05, 0.1) is 17.4 Å². The topological polar surface area (TPSA) is 72.0 Å². The molecule has 0 spiro atoms. The summed E-state index contributed by atoms with van der Waals surface area (Å²) in [4.78, 5) is 30.4. The zero-order valence-electron chi connectivity index (χ0n) is 10.1. The lowest BCUT2D eigenvalue weighted by Crippen LogP contribution is -2.15. The number of nitrogens with one attached hydrogen (secondary N) is 1. The fourth-order valence-corrected chi connectivity index (χ4v) is 1.66. The zero-order chi connectivity index (χ0) is 13.8. The Morgan fingerprint density at radius 2 is 2.00 bits per heavy atom. The molecular formula is C13H10ClN3O2. The highest BCUT2D eigenvalue weighted by Gasteiger charge is 2.10. The van der Waals surface area contributed by atoms with Gasteiger partial charge in [0, 0.05) is 11.1 Å². The van der Waals surface area contributed by atoms with Crippen LogP contribution in [0.5, 0.6) is 0 Å². The summed E-state index contributed by atoms with van der Waals surface area (Å²) in [5.41, 5.74) is 1.69. The predicted octanol–water partition coefficient (Wildman–Crippen LogP) is 2.50. The van der Waals surface area contributed by atoms with E-state index in [2.05, 4.69) is 15.3 Å². The van der Waals surface area contributed by atoms with Gasteiger partial charge in [-0.1, -0.05) is 17.7 Å². The van der Waals surface area contributed by atoms with E-state index in [0.29, 0.717) is 21.7 Å². The van der Waals surface area contributed by atoms with Gasteiger partial charge in [-0.15, -0.1) is 0 Å². The molecule has 0 aliphatic heterocycles. The van der Waals surface area contributed by atoms with Crippen molar-refractivity contribution in [2.24, 2.45) is 0 Å². The number of aldehydes is 1. The van der Waals surface area contributed by atoms with Crippen molar-refractivity contribution in [2.75, 3.05) is 5.32 Å². The molecular weight excluding hydrogens is 266 g/mol. The van der Waals surface area contributed by atoms with Crippen molar-refractivity contribution in [2.45, 2.75) is 6.92 Å². The van der Waals surface area contributed by atoms with E-state index in [4.69, 9.17) is 11.6 Å². The first kappa shape index (κ1) is 13.2. The smallest absolute Gasteiger partial charge is 0.258 e. The molecule has 0 aliphatic rings. The summed E-state index contributed by atoms with van der Waals surface area (Å²) in [5.74, 6) is -0.162. The molecule has 0 atom stereocenters. The third-order valence-electron chi connectivity index (χ3n) is 2.48. The minimum absolute atomic E-state index is 0.174. The summed E-state index contributed by atoms with van der Waals surface area (Å²) in [6.07, 6.45) is 3.52. The summed E-state index contributed by atoms with van der Waals surface area (Å²) in [7, 11) is 0. The number of rotatable bonds is 3. The van der Waals surface area contributed by atoms with Crippen molar-refractivity contribution < 1.29 is 9.59 Å². The number of carbonyl (C=O) groups is 2. The number of aryl methyl sites for hydroxylation is 1. The van der Waals surface area contributed by atoms with Crippen LogP contribution in [-0.2, 0) is 0 Å². The highest BCUT2D eigenvalue weighted by Crippen LogP contribution is 2.12. The molecule has 1 aromatic heterocycles. The van der Waals surface area contributed by atoms with Crippen LogP contribution in [0, 0.1) is 6.92 Å². The highest BCUT2D eigenvalue weighted by molar-refractivity contribution is 6.30. The van der Waals surface area contributed by atoms with Crippen molar-refractivity contribution in [3.63, 3.8) is 0 Å². The first-order chi connectivity index (χ1) is 9.10. The summed E-state index contributed by atoms with van der Waals surface area (Å²) in [6.45, 7) is 1.75. The number of anilines is 1. The highest BCUT2D eigenvalue weighted by atomic mass is 35.5. The van der Waals surface area contributed by atoms with Crippen molar-refractivity contribution in [3.8, 4) is 0 Å². The lowest BCUT2D eigenvalue weighted by atomic mass is 10.1. The summed E-state index contributed by atoms with van der Waals surface area (Å²) in [5, 5.41) is 2.95. The molecule has 1 amide bonds. The van der Waals surface area contributed by atoms with Gasteiger partial charge in [0.1, 0.15) is 6.29 Å². The molecule has 0 saturated carbocycles. The van der Waals surface area contributed by atoms with Crippen LogP contribution in [0.15, 0.2) is 30.6 Å². The molecule has 0 bridgehead atoms. The molecule has 6 heteroatoms. The van der Waals surface area contributed by atoms with Gasteiger partial charge < -0.3 is 0 Å². The average molecular weight is 276 g/mol. The number of carbonyl (C=O) groups excluding carboxylic acids is 2. The van der Waals surface area contributed by atoms with Gasteiger partial charge in [-0.3, -0.25) is 14.9 Å². The van der Waals surface area contributed by atoms with Gasteiger partial charge in [0.25, 0.3) is 5.91 Å². The van der Waals surface area contributed by atoms with Crippen LogP contribution in [-0.4, -0.2) is 22.2 Å². The third kappa shape index (κ3) is 3.14. The Bertz CT molecular complexity index is 626. The van der Waals surface area contributed by atoms with Crippen molar-refractivity contribution in [3.05, 3.63) is 52.3 Å². The molecule has 0 saturated heterocycles. The van der Waals surface area contributed by atoms with Crippen LogP contribution >= 0.6 is 11.6 Å². The van der Waals surface area contributed by atoms with Gasteiger partial charge in [-0.2, -0.15) is 0 Å². The standard InChI is InChI=1S/C13H10ClN3O2/c1-8-4-9(7-18)2-3-11(8)12(19)17-13-15-5-10(14)6-16-13/h2-7H,1H3,(H,15,16,17,19). The molecule has 0 unspecified atom stereocenters. The number of amides is 1. The maximum atomic E-state index is 12.0. The first-order valence-corrected chi connectivity index (χ1v) is 5.82. The van der Waals surface area contributed by atoms with Crippen LogP contribution in [0.25, 0.3) is 0 Å². The second kappa shape index (κ2) is 5.58. The Kier molecular flexibility index (Phi) is 3.87. The molecule has 2 aromatic rings. The number of benzene rings is 1. The Balaban J connectivity index is 2.20. The largest absolute Gasteiger partial charge is 0.298 e. The minimum Gasteiger partial charge on any atom is -0.298 e. The number of halogens is 1. The predicted molar refractivity (Wildman–Crippen MR) is 71.6 cm³/mol. The van der Waals surface area contributed by atoms with E-state index in [1.54, 1.807) is 25.1 Å². The van der Waals surface area contributed by atoms with Crippen molar-refractivity contribution in [1.82, 2.24) is 9.97 Å². The Morgan fingerprint density at radius 3 is 2.58 bits per heavy atom. The molecule has 0 aliphatic carbocycles. The SMILES string of the molecule is Cc1cc(C=O)ccc1C(=O)Nc1ncc(Cl)cn1. The van der Waals surface area contributed by atoms with Crippen molar-refractivity contribution in [1.29, 1.82) is 0 Å². The maximum absolute atomic E-state index is 12.0. The molecule has 1 heterocycles. The molecule has 5 nitrogen and oxygen atoms in total. The fourth-order valence-electron chi connectivity index (χ4n) is 1.56. The van der Waals surface area contributed by atoms with Crippen LogP contribution in [0.3, 0.4) is 0 Å². The summed E-state index contributed by atoms with van der Waals surface area (Å²) < 4.78 is 0. The van der Waals surface area contributed by atoms with Gasteiger partial charge in [-0.25, -0.2) is 9.97 Å². The average Bonchev–Trinajstić information content (AvgIpc) is 2.41. The zero-order valence-corrected chi connectivity index (χ0v) is 10.8. The van der Waals surface area contributed by atoms with E-state index in [-0.39, 0.29) is 11.9 Å². The van der Waals surface area contributed by atoms with E-state index < -0.39 is 0 Å². The second-order valence-corrected chi connectivity index (χ2v) is 4.31. The molecule has 1 aromatic carbocycles. The Labute approximate surface area is 114 Å². The number of nitrogens with zero attached hydrogens (tertiary/aromatic N) is 2. The van der Waals surface area contributed by atoms with Crippen LogP contribution in [0.1, 0.15) is 26.3 Å². The van der Waals surface area contributed by atoms with Crippen LogP contribution < -0.4 is 5.32 Å². The van der Waals surface area contributed by atoms with Crippen LogP contribution in [0.2, 0.25) is 5.02 Å². The maximum Gasteiger partial charge on any atom is 0.258 e. The van der Waals surface area contributed by atoms with E-state index in [9.17, 15) is 9.59 Å². The van der Waals surface area contributed by atoms with E-state index in [0.717, 1.165) is 6.29 Å². The Morgan fingerprint density at radius 1 is 1.32 bits per heavy atom. The lowest BCUT2D eigenvalue weighted by Gasteiger charge is -2.06. The fraction of sp³-hybridized carbons (Fsp3) is 0.0769. The first-order valence-electron chi connectivity index (χ1n) is 5.45. The summed E-state index contributed by atoms with van der Waals surface area (Å²) in [6, 6.07) is 4.81. The molecule has 0 radical (unpaired) electrons.